The Labute approximate surface area is 161 Å². The molecule has 2 aliphatic rings. The van der Waals surface area contributed by atoms with E-state index in [9.17, 15) is 14.9 Å². The molecule has 1 N–H and O–H groups in total. The number of thioether (sulfide) groups is 1. The molecule has 1 aromatic rings. The summed E-state index contributed by atoms with van der Waals surface area (Å²) in [5.41, 5.74) is 1.23. The lowest BCUT2D eigenvalue weighted by Gasteiger charge is -2.25. The molecule has 0 aliphatic carbocycles. The van der Waals surface area contributed by atoms with Gasteiger partial charge in [-0.3, -0.25) is 9.59 Å². The molecule has 8 heteroatoms. The number of carbonyl (C=O) groups excluding carboxylic acids is 2. The van der Waals surface area contributed by atoms with E-state index < -0.39 is 5.92 Å². The van der Waals surface area contributed by atoms with Crippen molar-refractivity contribution in [1.29, 1.82) is 5.26 Å². The molecule has 0 bridgehead atoms. The van der Waals surface area contributed by atoms with Gasteiger partial charge in [0.1, 0.15) is 0 Å². The van der Waals surface area contributed by atoms with Gasteiger partial charge in [-0.05, 0) is 24.1 Å². The summed E-state index contributed by atoms with van der Waals surface area (Å²) < 4.78 is 15.8. The number of hydrogen-bond donors (Lipinski definition) is 1. The molecule has 0 fully saturated rings. The van der Waals surface area contributed by atoms with Crippen LogP contribution in [0.1, 0.15) is 37.7 Å². The molecule has 1 atom stereocenters. The Bertz CT molecular complexity index is 815. The Morgan fingerprint density at radius 2 is 2.22 bits per heavy atom. The predicted molar refractivity (Wildman–Crippen MR) is 99.0 cm³/mol. The van der Waals surface area contributed by atoms with Crippen LogP contribution in [0.5, 0.6) is 11.5 Å². The van der Waals surface area contributed by atoms with Gasteiger partial charge in [0.2, 0.25) is 12.7 Å². The fraction of sp³-hybridized carbons (Fsp3) is 0.421. The van der Waals surface area contributed by atoms with Crippen molar-refractivity contribution >= 4 is 23.6 Å². The number of amides is 1. The van der Waals surface area contributed by atoms with Crippen molar-refractivity contribution in [3.8, 4) is 17.6 Å². The van der Waals surface area contributed by atoms with Crippen molar-refractivity contribution < 1.29 is 23.8 Å². The number of hydrogen-bond acceptors (Lipinski definition) is 7. The van der Waals surface area contributed by atoms with Gasteiger partial charge in [-0.2, -0.15) is 5.26 Å². The predicted octanol–water partition coefficient (Wildman–Crippen LogP) is 2.83. The first-order valence-corrected chi connectivity index (χ1v) is 9.73. The van der Waals surface area contributed by atoms with Crippen LogP contribution in [0.3, 0.4) is 0 Å². The maximum atomic E-state index is 12.2. The second-order valence-corrected chi connectivity index (χ2v) is 7.12. The zero-order valence-electron chi connectivity index (χ0n) is 14.9. The molecule has 0 unspecified atom stereocenters. The number of unbranched alkanes of at least 4 members (excludes halogenated alkanes) is 1. The maximum Gasteiger partial charge on any atom is 0.316 e. The Morgan fingerprint density at radius 3 is 3.00 bits per heavy atom. The second kappa shape index (κ2) is 8.82. The Kier molecular flexibility index (Phi) is 6.24. The molecule has 7 nitrogen and oxygen atoms in total. The highest BCUT2D eigenvalue weighted by Gasteiger charge is 2.31. The lowest BCUT2D eigenvalue weighted by atomic mass is 9.87. The van der Waals surface area contributed by atoms with E-state index in [2.05, 4.69) is 11.4 Å². The molecule has 0 spiro atoms. The Hall–Kier alpha value is -2.66. The fourth-order valence-electron chi connectivity index (χ4n) is 2.85. The van der Waals surface area contributed by atoms with Gasteiger partial charge in [-0.15, -0.1) is 0 Å². The molecule has 0 saturated carbocycles. The van der Waals surface area contributed by atoms with Crippen LogP contribution in [0.4, 0.5) is 0 Å². The number of carbonyl (C=O) groups is 2. The largest absolute Gasteiger partial charge is 0.465 e. The third-order valence-corrected chi connectivity index (χ3v) is 5.24. The van der Waals surface area contributed by atoms with E-state index in [1.165, 1.54) is 0 Å². The summed E-state index contributed by atoms with van der Waals surface area (Å²) in [7, 11) is 0. The van der Waals surface area contributed by atoms with Crippen molar-refractivity contribution in [2.75, 3.05) is 19.2 Å². The van der Waals surface area contributed by atoms with Gasteiger partial charge in [0.15, 0.2) is 11.5 Å². The summed E-state index contributed by atoms with van der Waals surface area (Å²) in [6, 6.07) is 7.59. The number of rotatable bonds is 7. The van der Waals surface area contributed by atoms with E-state index in [1.807, 2.05) is 13.0 Å². The van der Waals surface area contributed by atoms with E-state index in [-0.39, 0.29) is 30.8 Å². The number of esters is 1. The fourth-order valence-corrected chi connectivity index (χ4v) is 3.73. The monoisotopic (exact) mass is 388 g/mol. The quantitative estimate of drug-likeness (QED) is 0.566. The number of fused-ring (bicyclic) bond motifs is 1. The lowest BCUT2D eigenvalue weighted by molar-refractivity contribution is -0.140. The molecule has 2 heterocycles. The van der Waals surface area contributed by atoms with Gasteiger partial charge in [0.25, 0.3) is 0 Å². The minimum atomic E-state index is -0.392. The topological polar surface area (TPSA) is 97.7 Å². The number of nitriles is 1. The summed E-state index contributed by atoms with van der Waals surface area (Å²) in [5, 5.41) is 12.8. The van der Waals surface area contributed by atoms with Gasteiger partial charge in [0, 0.05) is 12.3 Å². The van der Waals surface area contributed by atoms with Crippen LogP contribution in [0, 0.1) is 11.3 Å². The third-order valence-electron chi connectivity index (χ3n) is 4.25. The molecule has 0 radical (unpaired) electrons. The van der Waals surface area contributed by atoms with E-state index in [0.29, 0.717) is 28.7 Å². The summed E-state index contributed by atoms with van der Waals surface area (Å²) in [6.45, 7) is 2.55. The maximum absolute atomic E-state index is 12.2. The third kappa shape index (κ3) is 4.55. The van der Waals surface area contributed by atoms with Crippen LogP contribution in [-0.4, -0.2) is 31.0 Å². The molecule has 1 aromatic carbocycles. The van der Waals surface area contributed by atoms with Gasteiger partial charge < -0.3 is 19.5 Å². The molecular formula is C19H20N2O5S. The second-order valence-electron chi connectivity index (χ2n) is 6.13. The van der Waals surface area contributed by atoms with E-state index in [1.54, 1.807) is 12.1 Å². The van der Waals surface area contributed by atoms with Crippen molar-refractivity contribution in [3.63, 3.8) is 0 Å². The molecule has 27 heavy (non-hydrogen) atoms. The molecule has 2 aliphatic heterocycles. The van der Waals surface area contributed by atoms with Crippen LogP contribution in [0.2, 0.25) is 0 Å². The van der Waals surface area contributed by atoms with Crippen LogP contribution in [0.15, 0.2) is 28.8 Å². The van der Waals surface area contributed by atoms with Crippen molar-refractivity contribution in [2.24, 2.45) is 0 Å². The van der Waals surface area contributed by atoms with Crippen LogP contribution in [0.25, 0.3) is 0 Å². The Balaban J connectivity index is 1.76. The first-order chi connectivity index (χ1) is 13.1. The van der Waals surface area contributed by atoms with Crippen molar-refractivity contribution in [2.45, 2.75) is 32.1 Å². The SMILES string of the molecule is CCCCOC(=O)CSC1=C(C#N)[C@@H](c2ccc3c(c2)OCO3)CC(=O)N1. The first kappa shape index (κ1) is 19.1. The summed E-state index contributed by atoms with van der Waals surface area (Å²) in [5.74, 6) is 0.335. The minimum Gasteiger partial charge on any atom is -0.465 e. The standard InChI is InChI=1S/C19H20N2O5S/c1-2-3-6-24-18(23)10-27-19-14(9-20)13(8-17(22)21-19)12-4-5-15-16(7-12)26-11-25-15/h4-5,7,13H,2-3,6,8,10-11H2,1H3,(H,21,22)/t13-/m1/s1. The number of nitrogens with one attached hydrogen (secondary N) is 1. The van der Waals surface area contributed by atoms with Crippen LogP contribution >= 0.6 is 11.8 Å². The summed E-state index contributed by atoms with van der Waals surface area (Å²) in [4.78, 5) is 24.0. The van der Waals surface area contributed by atoms with Gasteiger partial charge in [0.05, 0.1) is 29.0 Å². The molecular weight excluding hydrogens is 368 g/mol. The number of allylic oxidation sites excluding steroid dienone is 1. The molecule has 3 rings (SSSR count). The summed E-state index contributed by atoms with van der Waals surface area (Å²) in [6.07, 6.45) is 1.91. The molecule has 0 saturated heterocycles. The average Bonchev–Trinajstić information content (AvgIpc) is 3.13. The highest BCUT2D eigenvalue weighted by molar-refractivity contribution is 8.03. The number of benzene rings is 1. The zero-order valence-corrected chi connectivity index (χ0v) is 15.8. The zero-order chi connectivity index (χ0) is 19.2. The number of nitrogens with zero attached hydrogens (tertiary/aromatic N) is 1. The Morgan fingerprint density at radius 1 is 1.41 bits per heavy atom. The summed E-state index contributed by atoms with van der Waals surface area (Å²) >= 11 is 1.12. The van der Waals surface area contributed by atoms with Crippen molar-refractivity contribution in [3.05, 3.63) is 34.4 Å². The molecule has 142 valence electrons. The van der Waals surface area contributed by atoms with E-state index in [4.69, 9.17) is 14.2 Å². The van der Waals surface area contributed by atoms with Crippen LogP contribution < -0.4 is 14.8 Å². The highest BCUT2D eigenvalue weighted by Crippen LogP contribution is 2.40. The smallest absolute Gasteiger partial charge is 0.316 e. The average molecular weight is 388 g/mol. The van der Waals surface area contributed by atoms with Gasteiger partial charge in [-0.1, -0.05) is 31.2 Å². The van der Waals surface area contributed by atoms with Crippen LogP contribution in [-0.2, 0) is 14.3 Å². The van der Waals surface area contributed by atoms with E-state index in [0.717, 1.165) is 30.2 Å². The van der Waals surface area contributed by atoms with Gasteiger partial charge in [-0.25, -0.2) is 0 Å². The molecule has 0 aromatic heterocycles. The van der Waals surface area contributed by atoms with Crippen molar-refractivity contribution in [1.82, 2.24) is 5.32 Å². The normalized spacial score (nSPS) is 18.1. The van der Waals surface area contributed by atoms with E-state index >= 15 is 0 Å². The number of ether oxygens (including phenoxy) is 3. The van der Waals surface area contributed by atoms with Gasteiger partial charge >= 0.3 is 5.97 Å². The molecule has 1 amide bonds. The minimum absolute atomic E-state index is 0.0400. The lowest BCUT2D eigenvalue weighted by Crippen LogP contribution is -2.31. The highest BCUT2D eigenvalue weighted by atomic mass is 32.2. The first-order valence-electron chi connectivity index (χ1n) is 8.74.